The summed E-state index contributed by atoms with van der Waals surface area (Å²) in [5.41, 5.74) is -0.470. The molecule has 1 aromatic rings. The van der Waals surface area contributed by atoms with Crippen molar-refractivity contribution in [3.63, 3.8) is 0 Å². The van der Waals surface area contributed by atoms with E-state index >= 15 is 0 Å². The zero-order valence-corrected chi connectivity index (χ0v) is 12.1. The van der Waals surface area contributed by atoms with Gasteiger partial charge in [0.25, 0.3) is 0 Å². The Hall–Kier alpha value is -1.08. The van der Waals surface area contributed by atoms with Gasteiger partial charge in [0.05, 0.1) is 18.9 Å². The normalized spacial score (nSPS) is 22.9. The number of halogens is 3. The van der Waals surface area contributed by atoms with Crippen LogP contribution in [0.25, 0.3) is 0 Å². The molecular formula is C13H21F3N2O2. The van der Waals surface area contributed by atoms with E-state index in [4.69, 9.17) is 4.74 Å². The lowest BCUT2D eigenvalue weighted by Crippen LogP contribution is -2.27. The summed E-state index contributed by atoms with van der Waals surface area (Å²) >= 11 is 0. The molecule has 20 heavy (non-hydrogen) atoms. The molecule has 2 unspecified atom stereocenters. The van der Waals surface area contributed by atoms with Gasteiger partial charge in [-0.3, -0.25) is 4.68 Å². The molecule has 0 bridgehead atoms. The van der Waals surface area contributed by atoms with Crippen LogP contribution < -0.4 is 0 Å². The smallest absolute Gasteiger partial charge is 0.388 e. The third kappa shape index (κ3) is 3.52. The Morgan fingerprint density at radius 2 is 1.95 bits per heavy atom. The van der Waals surface area contributed by atoms with Gasteiger partial charge >= 0.3 is 6.18 Å². The highest BCUT2D eigenvalue weighted by Gasteiger charge is 2.40. The minimum Gasteiger partial charge on any atom is -0.388 e. The van der Waals surface area contributed by atoms with Crippen molar-refractivity contribution in [2.45, 2.75) is 51.9 Å². The molecule has 1 saturated heterocycles. The van der Waals surface area contributed by atoms with Crippen molar-refractivity contribution < 1.29 is 23.0 Å². The molecule has 2 rings (SSSR count). The monoisotopic (exact) mass is 294 g/mol. The Kier molecular flexibility index (Phi) is 5.59. The molecule has 4 nitrogen and oxygen atoms in total. The van der Waals surface area contributed by atoms with E-state index in [0.717, 1.165) is 10.7 Å². The molecule has 1 aliphatic heterocycles. The van der Waals surface area contributed by atoms with Crippen molar-refractivity contribution in [3.05, 3.63) is 17.5 Å². The third-order valence-corrected chi connectivity index (χ3v) is 2.97. The van der Waals surface area contributed by atoms with Crippen molar-refractivity contribution in [1.82, 2.24) is 9.78 Å². The van der Waals surface area contributed by atoms with Gasteiger partial charge in [0.1, 0.15) is 17.8 Å². The molecule has 0 radical (unpaired) electrons. The van der Waals surface area contributed by atoms with Crippen LogP contribution in [0.15, 0.2) is 6.07 Å². The molecule has 0 spiro atoms. The molecule has 1 aromatic heterocycles. The second kappa shape index (κ2) is 6.58. The zero-order valence-electron chi connectivity index (χ0n) is 12.1. The van der Waals surface area contributed by atoms with Crippen LogP contribution in [0.1, 0.15) is 51.0 Å². The van der Waals surface area contributed by atoms with Crippen LogP contribution in [0.2, 0.25) is 0 Å². The topological polar surface area (TPSA) is 47.3 Å². The maximum absolute atomic E-state index is 12.9. The van der Waals surface area contributed by atoms with Crippen LogP contribution in [0.4, 0.5) is 13.2 Å². The Morgan fingerprint density at radius 1 is 1.35 bits per heavy atom. The van der Waals surface area contributed by atoms with Gasteiger partial charge in [0.2, 0.25) is 0 Å². The number of alkyl halides is 3. The number of aliphatic hydroxyl groups excluding tert-OH is 1. The number of nitrogens with zero attached hydrogens (tertiary/aromatic N) is 2. The molecule has 0 amide bonds. The maximum Gasteiger partial charge on any atom is 0.433 e. The van der Waals surface area contributed by atoms with Gasteiger partial charge in [-0.2, -0.15) is 18.3 Å². The van der Waals surface area contributed by atoms with Crippen LogP contribution >= 0.6 is 0 Å². The highest BCUT2D eigenvalue weighted by atomic mass is 19.4. The molecule has 2 atom stereocenters. The van der Waals surface area contributed by atoms with Gasteiger partial charge in [-0.25, -0.2) is 0 Å². The predicted octanol–water partition coefficient (Wildman–Crippen LogP) is 2.98. The molecule has 0 saturated carbocycles. The Bertz CT molecular complexity index is 430. The van der Waals surface area contributed by atoms with Crippen LogP contribution in [-0.4, -0.2) is 34.2 Å². The average Bonchev–Trinajstić information content (AvgIpc) is 2.96. The SMILES string of the molecule is CC.CC(C)c1cc(C(F)(F)F)n(C2COCC2O)n1. The van der Waals surface area contributed by atoms with E-state index < -0.39 is 24.0 Å². The summed E-state index contributed by atoms with van der Waals surface area (Å²) in [6, 6.07) is 0.268. The van der Waals surface area contributed by atoms with Crippen molar-refractivity contribution >= 4 is 0 Å². The highest BCUT2D eigenvalue weighted by molar-refractivity contribution is 5.17. The number of hydrogen-bond donors (Lipinski definition) is 1. The van der Waals surface area contributed by atoms with E-state index in [0.29, 0.717) is 5.69 Å². The number of rotatable bonds is 2. The number of hydrogen-bond acceptors (Lipinski definition) is 3. The first kappa shape index (κ1) is 17.0. The summed E-state index contributed by atoms with van der Waals surface area (Å²) in [6.45, 7) is 7.63. The Morgan fingerprint density at radius 3 is 2.35 bits per heavy atom. The molecular weight excluding hydrogens is 273 g/mol. The molecule has 1 N–H and O–H groups in total. The van der Waals surface area contributed by atoms with Crippen molar-refractivity contribution in [3.8, 4) is 0 Å². The van der Waals surface area contributed by atoms with Gasteiger partial charge in [0, 0.05) is 0 Å². The summed E-state index contributed by atoms with van der Waals surface area (Å²) in [5.74, 6) is -0.105. The Labute approximate surface area is 116 Å². The predicted molar refractivity (Wildman–Crippen MR) is 68.5 cm³/mol. The summed E-state index contributed by atoms with van der Waals surface area (Å²) in [7, 11) is 0. The molecule has 0 aromatic carbocycles. The van der Waals surface area contributed by atoms with Gasteiger partial charge in [-0.15, -0.1) is 0 Å². The minimum absolute atomic E-state index is 0.0405. The minimum atomic E-state index is -4.48. The van der Waals surface area contributed by atoms with E-state index in [1.807, 2.05) is 13.8 Å². The van der Waals surface area contributed by atoms with E-state index in [9.17, 15) is 18.3 Å². The fourth-order valence-electron chi connectivity index (χ4n) is 1.93. The first-order chi connectivity index (χ1) is 9.30. The van der Waals surface area contributed by atoms with E-state index in [-0.39, 0.29) is 19.1 Å². The molecule has 7 heteroatoms. The molecule has 0 aliphatic carbocycles. The average molecular weight is 294 g/mol. The van der Waals surface area contributed by atoms with E-state index in [1.54, 1.807) is 13.8 Å². The van der Waals surface area contributed by atoms with Gasteiger partial charge in [-0.05, 0) is 12.0 Å². The van der Waals surface area contributed by atoms with Crippen LogP contribution in [0.5, 0.6) is 0 Å². The molecule has 1 aliphatic rings. The second-order valence-electron chi connectivity index (χ2n) is 4.72. The number of aliphatic hydroxyl groups is 1. The van der Waals surface area contributed by atoms with Crippen molar-refractivity contribution in [1.29, 1.82) is 0 Å². The molecule has 116 valence electrons. The lowest BCUT2D eigenvalue weighted by atomic mass is 10.1. The first-order valence-electron chi connectivity index (χ1n) is 6.73. The van der Waals surface area contributed by atoms with Crippen molar-refractivity contribution in [2.24, 2.45) is 0 Å². The second-order valence-corrected chi connectivity index (χ2v) is 4.72. The van der Waals surface area contributed by atoms with E-state index in [2.05, 4.69) is 5.10 Å². The lowest BCUT2D eigenvalue weighted by molar-refractivity contribution is -0.145. The fraction of sp³-hybridized carbons (Fsp3) is 0.769. The van der Waals surface area contributed by atoms with E-state index in [1.165, 1.54) is 0 Å². The summed E-state index contributed by atoms with van der Waals surface area (Å²) in [4.78, 5) is 0. The summed E-state index contributed by atoms with van der Waals surface area (Å²) in [5, 5.41) is 13.6. The Balaban J connectivity index is 0.000000956. The largest absolute Gasteiger partial charge is 0.433 e. The molecule has 1 fully saturated rings. The maximum atomic E-state index is 12.9. The van der Waals surface area contributed by atoms with Gasteiger partial charge in [0.15, 0.2) is 0 Å². The summed E-state index contributed by atoms with van der Waals surface area (Å²) < 4.78 is 44.6. The van der Waals surface area contributed by atoms with Crippen LogP contribution in [0, 0.1) is 0 Å². The fourth-order valence-corrected chi connectivity index (χ4v) is 1.93. The number of ether oxygens (including phenoxy) is 1. The summed E-state index contributed by atoms with van der Waals surface area (Å²) in [6.07, 6.45) is -5.44. The third-order valence-electron chi connectivity index (χ3n) is 2.97. The highest BCUT2D eigenvalue weighted by Crippen LogP contribution is 2.34. The van der Waals surface area contributed by atoms with Crippen LogP contribution in [0.3, 0.4) is 0 Å². The zero-order chi connectivity index (χ0) is 15.5. The van der Waals surface area contributed by atoms with Crippen LogP contribution in [-0.2, 0) is 10.9 Å². The standard InChI is InChI=1S/C11H15F3N2O2.C2H6/c1-6(2)7-3-10(11(12,13)14)16(15-7)8-4-18-5-9(8)17;1-2/h3,6,8-9,17H,4-5H2,1-2H3;1-2H3. The van der Waals surface area contributed by atoms with Gasteiger partial charge < -0.3 is 9.84 Å². The number of aromatic nitrogens is 2. The first-order valence-corrected chi connectivity index (χ1v) is 6.73. The van der Waals surface area contributed by atoms with Crippen molar-refractivity contribution in [2.75, 3.05) is 13.2 Å². The molecule has 2 heterocycles. The van der Waals surface area contributed by atoms with Gasteiger partial charge in [-0.1, -0.05) is 27.7 Å². The lowest BCUT2D eigenvalue weighted by Gasteiger charge is -2.17. The quantitative estimate of drug-likeness (QED) is 0.912.